The number of rotatable bonds is 7. The van der Waals surface area contributed by atoms with Crippen molar-refractivity contribution in [2.45, 2.75) is 45.8 Å². The number of carboxylic acid groups (broad SMARTS) is 1. The molecule has 0 aliphatic heterocycles. The Labute approximate surface area is 202 Å². The van der Waals surface area contributed by atoms with Crippen LogP contribution in [0.15, 0.2) is 91.0 Å². The molecule has 0 saturated carbocycles. The van der Waals surface area contributed by atoms with Gasteiger partial charge in [-0.25, -0.2) is 4.79 Å². The van der Waals surface area contributed by atoms with E-state index < -0.39 is 13.7 Å². The van der Waals surface area contributed by atoms with E-state index in [1.54, 1.807) is 54.6 Å². The van der Waals surface area contributed by atoms with E-state index in [4.69, 9.17) is 5.11 Å². The van der Waals surface area contributed by atoms with Crippen LogP contribution in [0, 0.1) is 5.92 Å². The van der Waals surface area contributed by atoms with Crippen molar-refractivity contribution in [1.82, 2.24) is 0 Å². The SMILES string of the molecule is CCC(O)C(C)C(O)CC.O=C(O)c1ccccc1.O[PH](O)(c1ccccc1)c1ccccc1. The Morgan fingerprint density at radius 2 is 1.03 bits per heavy atom. The average molecular weight is 489 g/mol. The van der Waals surface area contributed by atoms with Gasteiger partial charge in [-0.3, -0.25) is 0 Å². The summed E-state index contributed by atoms with van der Waals surface area (Å²) in [5.74, 6) is -0.870. The molecule has 0 fully saturated rings. The molecule has 0 aliphatic rings. The number of hydrogen-bond donors (Lipinski definition) is 5. The third-order valence-corrected chi connectivity index (χ3v) is 7.70. The molecule has 3 rings (SSSR count). The van der Waals surface area contributed by atoms with Crippen molar-refractivity contribution < 1.29 is 29.9 Å². The van der Waals surface area contributed by atoms with Gasteiger partial charge in [0.05, 0.1) is 17.8 Å². The van der Waals surface area contributed by atoms with Crippen LogP contribution in [-0.4, -0.2) is 43.3 Å². The van der Waals surface area contributed by atoms with Gasteiger partial charge in [0.25, 0.3) is 0 Å². The Kier molecular flexibility index (Phi) is 13.3. The molecule has 2 unspecified atom stereocenters. The van der Waals surface area contributed by atoms with Crippen molar-refractivity contribution in [3.63, 3.8) is 0 Å². The standard InChI is InChI=1S/C12H13O2P.C8H18O2.C7H6O2/c13-15(14,11-7-3-1-4-8-11)12-9-5-2-6-10-12;1-4-7(9)6(3)8(10)5-2;8-7(9)6-4-2-1-3-5-6/h1-10,13-15H;6-10H,4-5H2,1-3H3;1-5H,(H,8,9). The van der Waals surface area contributed by atoms with Gasteiger partial charge in [0, 0.05) is 5.92 Å². The van der Waals surface area contributed by atoms with E-state index in [1.165, 1.54) is 0 Å². The van der Waals surface area contributed by atoms with Crippen LogP contribution >= 0.6 is 7.72 Å². The first-order chi connectivity index (χ1) is 16.1. The Morgan fingerprint density at radius 3 is 1.29 bits per heavy atom. The van der Waals surface area contributed by atoms with Gasteiger partial charge in [-0.15, -0.1) is 0 Å². The topological polar surface area (TPSA) is 118 Å². The first-order valence-electron chi connectivity index (χ1n) is 11.3. The molecule has 0 saturated heterocycles. The van der Waals surface area contributed by atoms with E-state index in [-0.39, 0.29) is 18.1 Å². The fraction of sp³-hybridized carbons (Fsp3) is 0.296. The zero-order valence-electron chi connectivity index (χ0n) is 20.0. The van der Waals surface area contributed by atoms with Gasteiger partial charge in [-0.2, -0.15) is 0 Å². The summed E-state index contributed by atoms with van der Waals surface area (Å²) in [6.45, 7) is 5.72. The van der Waals surface area contributed by atoms with Gasteiger partial charge < -0.3 is 15.3 Å². The Hall–Kier alpha value is -2.60. The molecule has 5 N–H and O–H groups in total. The number of hydrogen-bond acceptors (Lipinski definition) is 5. The van der Waals surface area contributed by atoms with Gasteiger partial charge in [0.1, 0.15) is 0 Å². The fourth-order valence-electron chi connectivity index (χ4n) is 3.09. The zero-order valence-corrected chi connectivity index (χ0v) is 21.0. The number of aromatic carboxylic acids is 1. The summed E-state index contributed by atoms with van der Waals surface area (Å²) in [6, 6.07) is 26.3. The van der Waals surface area contributed by atoms with Crippen LogP contribution < -0.4 is 10.6 Å². The minimum atomic E-state index is -3.46. The van der Waals surface area contributed by atoms with E-state index >= 15 is 0 Å². The Morgan fingerprint density at radius 1 is 0.706 bits per heavy atom. The molecule has 2 atom stereocenters. The van der Waals surface area contributed by atoms with E-state index in [1.807, 2.05) is 57.2 Å². The van der Waals surface area contributed by atoms with Crippen LogP contribution in [0.5, 0.6) is 0 Å². The molecule has 3 aromatic rings. The quantitative estimate of drug-likeness (QED) is 0.323. The summed E-state index contributed by atoms with van der Waals surface area (Å²) in [6.07, 6.45) is 0.737. The fourth-order valence-corrected chi connectivity index (χ4v) is 4.74. The number of aliphatic hydroxyl groups excluding tert-OH is 2. The zero-order chi connectivity index (χ0) is 25.6. The van der Waals surface area contributed by atoms with Crippen molar-refractivity contribution in [3.8, 4) is 0 Å². The van der Waals surface area contributed by atoms with Gasteiger partial charge in [0.2, 0.25) is 0 Å². The second-order valence-electron chi connectivity index (χ2n) is 7.89. The first-order valence-corrected chi connectivity index (χ1v) is 13.2. The van der Waals surface area contributed by atoms with Gasteiger partial charge in [-0.1, -0.05) is 39.0 Å². The van der Waals surface area contributed by atoms with Crippen LogP contribution in [0.3, 0.4) is 0 Å². The first kappa shape index (κ1) is 29.4. The molecule has 0 radical (unpaired) electrons. The second-order valence-corrected chi connectivity index (χ2v) is 10.4. The van der Waals surface area contributed by atoms with Crippen LogP contribution in [0.4, 0.5) is 0 Å². The van der Waals surface area contributed by atoms with Crippen LogP contribution in [0.2, 0.25) is 0 Å². The molecule has 0 heterocycles. The molecular formula is C27H37O6P. The molecule has 0 spiro atoms. The van der Waals surface area contributed by atoms with E-state index in [2.05, 4.69) is 0 Å². The van der Waals surface area contributed by atoms with Gasteiger partial charge >= 0.3 is 94.7 Å². The Bertz CT molecular complexity index is 884. The number of benzene rings is 3. The van der Waals surface area contributed by atoms with Crippen molar-refractivity contribution in [3.05, 3.63) is 96.6 Å². The molecule has 0 amide bonds. The van der Waals surface area contributed by atoms with E-state index in [9.17, 15) is 24.8 Å². The monoisotopic (exact) mass is 488 g/mol. The summed E-state index contributed by atoms with van der Waals surface area (Å²) in [5, 5.41) is 28.1. The van der Waals surface area contributed by atoms with E-state index in [0.717, 1.165) is 12.8 Å². The number of carboxylic acids is 1. The van der Waals surface area contributed by atoms with Gasteiger partial charge in [-0.05, 0) is 25.0 Å². The molecule has 0 bridgehead atoms. The number of carbonyl (C=O) groups is 1. The molecule has 7 heteroatoms. The molecule has 0 aliphatic carbocycles. The predicted octanol–water partition coefficient (Wildman–Crippen LogP) is 3.75. The minimum absolute atomic E-state index is 0.00926. The molecular weight excluding hydrogens is 451 g/mol. The third kappa shape index (κ3) is 9.72. The molecule has 6 nitrogen and oxygen atoms in total. The predicted molar refractivity (Wildman–Crippen MR) is 140 cm³/mol. The summed E-state index contributed by atoms with van der Waals surface area (Å²) in [4.78, 5) is 30.5. The van der Waals surface area contributed by atoms with Crippen LogP contribution in [0.1, 0.15) is 44.0 Å². The molecule has 0 aromatic heterocycles. The van der Waals surface area contributed by atoms with Crippen molar-refractivity contribution >= 4 is 24.3 Å². The molecule has 186 valence electrons. The second kappa shape index (κ2) is 15.3. The molecule has 3 aromatic carbocycles. The van der Waals surface area contributed by atoms with E-state index in [0.29, 0.717) is 16.2 Å². The number of aliphatic hydroxyl groups is 2. The van der Waals surface area contributed by atoms with Crippen molar-refractivity contribution in [2.75, 3.05) is 0 Å². The maximum atomic E-state index is 10.2. The summed E-state index contributed by atoms with van der Waals surface area (Å²) >= 11 is 0. The normalized spacial score (nSPS) is 13.7. The molecule has 34 heavy (non-hydrogen) atoms. The van der Waals surface area contributed by atoms with Crippen LogP contribution in [-0.2, 0) is 0 Å². The van der Waals surface area contributed by atoms with Crippen LogP contribution in [0.25, 0.3) is 0 Å². The third-order valence-electron chi connectivity index (χ3n) is 5.42. The van der Waals surface area contributed by atoms with Crippen molar-refractivity contribution in [1.29, 1.82) is 0 Å². The van der Waals surface area contributed by atoms with Gasteiger partial charge in [0.15, 0.2) is 0 Å². The Balaban J connectivity index is 0.000000268. The maximum absolute atomic E-state index is 10.2. The van der Waals surface area contributed by atoms with Crippen molar-refractivity contribution in [2.24, 2.45) is 5.92 Å². The summed E-state index contributed by atoms with van der Waals surface area (Å²) in [5.41, 5.74) is 0.331. The summed E-state index contributed by atoms with van der Waals surface area (Å²) in [7, 11) is -3.46. The summed E-state index contributed by atoms with van der Waals surface area (Å²) < 4.78 is 0. The average Bonchev–Trinajstić information content (AvgIpc) is 2.89.